The van der Waals surface area contributed by atoms with Crippen LogP contribution >= 0.6 is 0 Å². The Morgan fingerprint density at radius 1 is 1.33 bits per heavy atom. The van der Waals surface area contributed by atoms with Crippen LogP contribution in [0.25, 0.3) is 6.08 Å². The Bertz CT molecular complexity index is 416. The molecule has 1 saturated carbocycles. The Morgan fingerprint density at radius 3 is 2.67 bits per heavy atom. The van der Waals surface area contributed by atoms with Crippen molar-refractivity contribution >= 4 is 12.0 Å². The van der Waals surface area contributed by atoms with Crippen molar-refractivity contribution in [3.63, 3.8) is 0 Å². The molecule has 2 rings (SSSR count). The molecule has 96 valence electrons. The molecule has 0 amide bonds. The van der Waals surface area contributed by atoms with Gasteiger partial charge in [0.05, 0.1) is 12.5 Å². The van der Waals surface area contributed by atoms with E-state index in [-0.39, 0.29) is 11.9 Å². The molecule has 18 heavy (non-hydrogen) atoms. The predicted molar refractivity (Wildman–Crippen MR) is 70.3 cm³/mol. The molecule has 3 nitrogen and oxygen atoms in total. The van der Waals surface area contributed by atoms with E-state index in [0.717, 1.165) is 24.2 Å². The van der Waals surface area contributed by atoms with Crippen LogP contribution in [0.2, 0.25) is 0 Å². The molecule has 0 bridgehead atoms. The fraction of sp³-hybridized carbons (Fsp3) is 0.400. The van der Waals surface area contributed by atoms with Crippen LogP contribution in [0.3, 0.4) is 0 Å². The van der Waals surface area contributed by atoms with Gasteiger partial charge in [-0.15, -0.1) is 0 Å². The van der Waals surface area contributed by atoms with Gasteiger partial charge in [0.25, 0.3) is 0 Å². The first kappa shape index (κ1) is 12.7. The van der Waals surface area contributed by atoms with Crippen molar-refractivity contribution in [2.75, 3.05) is 13.2 Å². The maximum Gasteiger partial charge on any atom is 0.309 e. The monoisotopic (exact) mass is 246 g/mol. The maximum atomic E-state index is 11.3. The minimum Gasteiger partial charge on any atom is -0.494 e. The van der Waals surface area contributed by atoms with Crippen molar-refractivity contribution in [1.82, 2.24) is 0 Å². The Labute approximate surface area is 107 Å². The number of benzene rings is 1. The van der Waals surface area contributed by atoms with E-state index < -0.39 is 0 Å². The summed E-state index contributed by atoms with van der Waals surface area (Å²) in [5.41, 5.74) is 1.07. The van der Waals surface area contributed by atoms with Crippen LogP contribution in [0.4, 0.5) is 0 Å². The summed E-state index contributed by atoms with van der Waals surface area (Å²) in [4.78, 5) is 11.3. The van der Waals surface area contributed by atoms with Gasteiger partial charge in [-0.05, 0) is 43.5 Å². The number of carbonyl (C=O) groups excluding carboxylic acids is 1. The Morgan fingerprint density at radius 2 is 2.06 bits per heavy atom. The normalized spacial score (nSPS) is 14.7. The van der Waals surface area contributed by atoms with E-state index in [0.29, 0.717) is 13.2 Å². The van der Waals surface area contributed by atoms with Gasteiger partial charge in [-0.25, -0.2) is 0 Å². The average Bonchev–Trinajstić information content (AvgIpc) is 3.21. The van der Waals surface area contributed by atoms with Crippen LogP contribution in [0.5, 0.6) is 5.75 Å². The number of esters is 1. The van der Waals surface area contributed by atoms with Crippen LogP contribution < -0.4 is 4.74 Å². The number of rotatable bonds is 6. The number of hydrogen-bond acceptors (Lipinski definition) is 3. The lowest BCUT2D eigenvalue weighted by atomic mass is 10.2. The Balaban J connectivity index is 1.75. The van der Waals surface area contributed by atoms with Crippen molar-refractivity contribution in [3.8, 4) is 5.75 Å². The molecule has 0 aliphatic heterocycles. The minimum absolute atomic E-state index is 0.0636. The first-order chi connectivity index (χ1) is 8.79. The Hall–Kier alpha value is -1.77. The summed E-state index contributed by atoms with van der Waals surface area (Å²) >= 11 is 0. The summed E-state index contributed by atoms with van der Waals surface area (Å²) in [6.07, 6.45) is 5.77. The first-order valence-electron chi connectivity index (χ1n) is 6.35. The van der Waals surface area contributed by atoms with E-state index >= 15 is 0 Å². The molecule has 0 unspecified atom stereocenters. The van der Waals surface area contributed by atoms with E-state index in [9.17, 15) is 4.79 Å². The third-order valence-electron chi connectivity index (χ3n) is 2.73. The molecule has 0 N–H and O–H groups in total. The molecular formula is C15H18O3. The van der Waals surface area contributed by atoms with E-state index in [1.807, 2.05) is 43.3 Å². The van der Waals surface area contributed by atoms with Crippen molar-refractivity contribution in [2.24, 2.45) is 5.92 Å². The highest BCUT2D eigenvalue weighted by molar-refractivity contribution is 5.75. The molecule has 0 spiro atoms. The fourth-order valence-corrected chi connectivity index (χ4v) is 1.59. The summed E-state index contributed by atoms with van der Waals surface area (Å²) in [5.74, 6) is 0.977. The van der Waals surface area contributed by atoms with Crippen LogP contribution in [0.15, 0.2) is 30.3 Å². The van der Waals surface area contributed by atoms with E-state index in [1.54, 1.807) is 0 Å². The van der Waals surface area contributed by atoms with Crippen LogP contribution in [-0.2, 0) is 9.53 Å². The van der Waals surface area contributed by atoms with E-state index in [4.69, 9.17) is 9.47 Å². The third kappa shape index (κ3) is 3.91. The Kier molecular flexibility index (Phi) is 4.40. The maximum absolute atomic E-state index is 11.3. The largest absolute Gasteiger partial charge is 0.494 e. The molecule has 3 heteroatoms. The molecule has 1 fully saturated rings. The molecule has 1 aromatic carbocycles. The van der Waals surface area contributed by atoms with E-state index in [1.165, 1.54) is 0 Å². The lowest BCUT2D eigenvalue weighted by Gasteiger charge is -2.02. The summed E-state index contributed by atoms with van der Waals surface area (Å²) in [5, 5.41) is 0. The lowest BCUT2D eigenvalue weighted by Crippen LogP contribution is -2.05. The van der Waals surface area contributed by atoms with Crippen molar-refractivity contribution < 1.29 is 14.3 Å². The highest BCUT2D eigenvalue weighted by Crippen LogP contribution is 2.29. The van der Waals surface area contributed by atoms with Gasteiger partial charge in [0.1, 0.15) is 12.4 Å². The summed E-state index contributed by atoms with van der Waals surface area (Å²) < 4.78 is 10.5. The lowest BCUT2D eigenvalue weighted by molar-refractivity contribution is -0.143. The topological polar surface area (TPSA) is 35.5 Å². The van der Waals surface area contributed by atoms with Crippen molar-refractivity contribution in [3.05, 3.63) is 35.9 Å². The molecule has 0 aromatic heterocycles. The van der Waals surface area contributed by atoms with Gasteiger partial charge in [0, 0.05) is 0 Å². The van der Waals surface area contributed by atoms with Gasteiger partial charge in [-0.1, -0.05) is 18.2 Å². The molecule has 0 atom stereocenters. The molecule has 0 saturated heterocycles. The predicted octanol–water partition coefficient (Wildman–Crippen LogP) is 3.05. The molecule has 1 aliphatic rings. The zero-order valence-electron chi connectivity index (χ0n) is 10.6. The standard InChI is InChI=1S/C15H18O3/c1-2-17-14-9-5-12(6-10-14)4-3-11-18-15(16)13-7-8-13/h3-6,9-10,13H,2,7-8,11H2,1H3/b4-3+. The first-order valence-corrected chi connectivity index (χ1v) is 6.35. The second-order valence-electron chi connectivity index (χ2n) is 4.31. The molecule has 0 radical (unpaired) electrons. The van der Waals surface area contributed by atoms with Gasteiger partial charge in [-0.2, -0.15) is 0 Å². The minimum atomic E-state index is -0.0636. The number of ether oxygens (including phenoxy) is 2. The number of carbonyl (C=O) groups is 1. The van der Waals surface area contributed by atoms with Crippen LogP contribution in [-0.4, -0.2) is 19.2 Å². The van der Waals surface area contributed by atoms with E-state index in [2.05, 4.69) is 0 Å². The smallest absolute Gasteiger partial charge is 0.309 e. The van der Waals surface area contributed by atoms with Crippen LogP contribution in [0, 0.1) is 5.92 Å². The summed E-state index contributed by atoms with van der Waals surface area (Å²) in [7, 11) is 0. The third-order valence-corrected chi connectivity index (χ3v) is 2.73. The number of hydrogen-bond donors (Lipinski definition) is 0. The fourth-order valence-electron chi connectivity index (χ4n) is 1.59. The van der Waals surface area contributed by atoms with Gasteiger partial charge < -0.3 is 9.47 Å². The molecule has 1 aromatic rings. The van der Waals surface area contributed by atoms with Gasteiger partial charge in [0.2, 0.25) is 0 Å². The zero-order chi connectivity index (χ0) is 12.8. The SMILES string of the molecule is CCOc1ccc(/C=C/COC(=O)C2CC2)cc1. The summed E-state index contributed by atoms with van der Waals surface area (Å²) in [6.45, 7) is 2.98. The molecule has 0 heterocycles. The van der Waals surface area contributed by atoms with Gasteiger partial charge in [-0.3, -0.25) is 4.79 Å². The van der Waals surface area contributed by atoms with Gasteiger partial charge >= 0.3 is 5.97 Å². The quantitative estimate of drug-likeness (QED) is 0.724. The highest BCUT2D eigenvalue weighted by Gasteiger charge is 2.30. The second-order valence-corrected chi connectivity index (χ2v) is 4.31. The molecular weight excluding hydrogens is 228 g/mol. The zero-order valence-corrected chi connectivity index (χ0v) is 10.6. The van der Waals surface area contributed by atoms with Crippen molar-refractivity contribution in [1.29, 1.82) is 0 Å². The summed E-state index contributed by atoms with van der Waals surface area (Å²) in [6, 6.07) is 7.81. The average molecular weight is 246 g/mol. The van der Waals surface area contributed by atoms with Gasteiger partial charge in [0.15, 0.2) is 0 Å². The highest BCUT2D eigenvalue weighted by atomic mass is 16.5. The molecule has 1 aliphatic carbocycles. The second kappa shape index (κ2) is 6.24. The van der Waals surface area contributed by atoms with Crippen molar-refractivity contribution in [2.45, 2.75) is 19.8 Å². The van der Waals surface area contributed by atoms with Crippen LogP contribution in [0.1, 0.15) is 25.3 Å².